The lowest BCUT2D eigenvalue weighted by atomic mass is 9.81. The molecule has 0 bridgehead atoms. The number of nitrogens with one attached hydrogen (secondary N) is 2. The first-order valence-corrected chi connectivity index (χ1v) is 6.02. The normalized spacial score (nSPS) is 19.0. The van der Waals surface area contributed by atoms with Crippen molar-refractivity contribution in [3.63, 3.8) is 0 Å². The van der Waals surface area contributed by atoms with E-state index in [2.05, 4.69) is 27.5 Å². The molecule has 5 heteroatoms. The van der Waals surface area contributed by atoms with E-state index >= 15 is 0 Å². The Kier molecular flexibility index (Phi) is 3.57. The molecule has 0 aromatic carbocycles. The van der Waals surface area contributed by atoms with E-state index in [1.54, 1.807) is 6.92 Å². The van der Waals surface area contributed by atoms with E-state index in [0.717, 1.165) is 32.5 Å². The van der Waals surface area contributed by atoms with Crippen molar-refractivity contribution in [3.8, 4) is 0 Å². The summed E-state index contributed by atoms with van der Waals surface area (Å²) >= 11 is 0. The molecule has 1 saturated heterocycles. The zero-order chi connectivity index (χ0) is 12.3. The van der Waals surface area contributed by atoms with E-state index in [1.807, 2.05) is 0 Å². The van der Waals surface area contributed by atoms with Gasteiger partial charge in [0.2, 0.25) is 0 Å². The summed E-state index contributed by atoms with van der Waals surface area (Å²) in [5.41, 5.74) is 0.606. The molecule has 0 spiro atoms. The largest absolute Gasteiger partial charge is 0.367 e. The molecule has 0 atom stereocenters. The van der Waals surface area contributed by atoms with Crippen LogP contribution >= 0.6 is 0 Å². The maximum absolute atomic E-state index is 13.7. The molecule has 2 N–H and O–H groups in total. The fraction of sp³-hybridized carbons (Fsp3) is 0.667. The van der Waals surface area contributed by atoms with Gasteiger partial charge in [0.15, 0.2) is 11.6 Å². The quantitative estimate of drug-likeness (QED) is 0.842. The lowest BCUT2D eigenvalue weighted by Gasteiger charge is -2.34. The standard InChI is InChI=1S/C12H19FN4/c1-9-10(13)11(17-8-16-9)15-7-12(2)3-5-14-6-4-12/h8,14H,3-7H2,1-2H3,(H,15,16,17). The summed E-state index contributed by atoms with van der Waals surface area (Å²) in [7, 11) is 0. The van der Waals surface area contributed by atoms with Crippen molar-refractivity contribution in [3.05, 3.63) is 17.8 Å². The molecule has 0 unspecified atom stereocenters. The van der Waals surface area contributed by atoms with Crippen molar-refractivity contribution < 1.29 is 4.39 Å². The molecule has 0 radical (unpaired) electrons. The van der Waals surface area contributed by atoms with Crippen LogP contribution in [0.15, 0.2) is 6.33 Å². The number of hydrogen-bond donors (Lipinski definition) is 2. The highest BCUT2D eigenvalue weighted by atomic mass is 19.1. The number of hydrogen-bond acceptors (Lipinski definition) is 4. The molecule has 0 amide bonds. The summed E-state index contributed by atoms with van der Waals surface area (Å²) in [5, 5.41) is 6.44. The fourth-order valence-corrected chi connectivity index (χ4v) is 2.09. The number of rotatable bonds is 3. The average molecular weight is 238 g/mol. The van der Waals surface area contributed by atoms with E-state index in [0.29, 0.717) is 11.5 Å². The van der Waals surface area contributed by atoms with Crippen LogP contribution in [0.4, 0.5) is 10.2 Å². The zero-order valence-corrected chi connectivity index (χ0v) is 10.4. The number of aryl methyl sites for hydroxylation is 1. The van der Waals surface area contributed by atoms with Gasteiger partial charge >= 0.3 is 0 Å². The summed E-state index contributed by atoms with van der Waals surface area (Å²) in [5.74, 6) is -0.0257. The highest BCUT2D eigenvalue weighted by molar-refractivity contribution is 5.37. The van der Waals surface area contributed by atoms with Crippen molar-refractivity contribution in [2.75, 3.05) is 25.0 Å². The Labute approximate surface area is 101 Å². The van der Waals surface area contributed by atoms with Crippen LogP contribution in [0.5, 0.6) is 0 Å². The molecule has 4 nitrogen and oxygen atoms in total. The molecular formula is C12H19FN4. The van der Waals surface area contributed by atoms with Crippen LogP contribution in [0, 0.1) is 18.2 Å². The highest BCUT2D eigenvalue weighted by Crippen LogP contribution is 2.28. The Morgan fingerprint density at radius 1 is 1.41 bits per heavy atom. The molecule has 2 heterocycles. The summed E-state index contributed by atoms with van der Waals surface area (Å²) in [6.45, 7) is 6.69. The monoisotopic (exact) mass is 238 g/mol. The van der Waals surface area contributed by atoms with E-state index in [1.165, 1.54) is 6.33 Å². The first kappa shape index (κ1) is 12.2. The maximum atomic E-state index is 13.7. The molecule has 2 rings (SSSR count). The minimum absolute atomic E-state index is 0.219. The van der Waals surface area contributed by atoms with Crippen LogP contribution in [-0.2, 0) is 0 Å². The molecule has 1 fully saturated rings. The third-order valence-electron chi connectivity index (χ3n) is 3.46. The van der Waals surface area contributed by atoms with E-state index in [4.69, 9.17) is 0 Å². The molecule has 0 saturated carbocycles. The second-order valence-corrected chi connectivity index (χ2v) is 5.04. The van der Waals surface area contributed by atoms with Crippen LogP contribution in [0.25, 0.3) is 0 Å². The summed E-state index contributed by atoms with van der Waals surface area (Å²) in [6, 6.07) is 0. The van der Waals surface area contributed by atoms with Crippen LogP contribution in [0.3, 0.4) is 0 Å². The molecule has 1 aromatic heterocycles. The minimum Gasteiger partial charge on any atom is -0.367 e. The van der Waals surface area contributed by atoms with Crippen LogP contribution < -0.4 is 10.6 Å². The predicted molar refractivity (Wildman–Crippen MR) is 65.4 cm³/mol. The second kappa shape index (κ2) is 4.96. The molecule has 1 aliphatic rings. The Hall–Kier alpha value is -1.23. The predicted octanol–water partition coefficient (Wildman–Crippen LogP) is 1.73. The third kappa shape index (κ3) is 2.91. The Bertz CT molecular complexity index is 388. The fourth-order valence-electron chi connectivity index (χ4n) is 2.09. The van der Waals surface area contributed by atoms with E-state index < -0.39 is 0 Å². The summed E-state index contributed by atoms with van der Waals surface area (Å²) in [4.78, 5) is 7.76. The Balaban J connectivity index is 1.99. The summed E-state index contributed by atoms with van der Waals surface area (Å²) < 4.78 is 13.7. The number of anilines is 1. The number of halogens is 1. The number of aromatic nitrogens is 2. The minimum atomic E-state index is -0.343. The molecule has 1 aromatic rings. The molecule has 1 aliphatic heterocycles. The van der Waals surface area contributed by atoms with Crippen molar-refractivity contribution in [1.82, 2.24) is 15.3 Å². The zero-order valence-electron chi connectivity index (χ0n) is 10.4. The molecule has 0 aliphatic carbocycles. The molecule has 17 heavy (non-hydrogen) atoms. The van der Waals surface area contributed by atoms with Gasteiger partial charge in [0.25, 0.3) is 0 Å². The van der Waals surface area contributed by atoms with Gasteiger partial charge in [-0.25, -0.2) is 14.4 Å². The second-order valence-electron chi connectivity index (χ2n) is 5.04. The van der Waals surface area contributed by atoms with Gasteiger partial charge in [0.05, 0.1) is 5.69 Å². The van der Waals surface area contributed by atoms with Gasteiger partial charge in [0, 0.05) is 6.54 Å². The van der Waals surface area contributed by atoms with Gasteiger partial charge in [-0.05, 0) is 38.3 Å². The van der Waals surface area contributed by atoms with E-state index in [9.17, 15) is 4.39 Å². The molecular weight excluding hydrogens is 219 g/mol. The smallest absolute Gasteiger partial charge is 0.186 e. The van der Waals surface area contributed by atoms with Gasteiger partial charge in [0.1, 0.15) is 6.33 Å². The van der Waals surface area contributed by atoms with Gasteiger partial charge in [-0.2, -0.15) is 0 Å². The van der Waals surface area contributed by atoms with Crippen LogP contribution in [0.1, 0.15) is 25.5 Å². The van der Waals surface area contributed by atoms with Crippen LogP contribution in [0.2, 0.25) is 0 Å². The maximum Gasteiger partial charge on any atom is 0.186 e. The van der Waals surface area contributed by atoms with Crippen molar-refractivity contribution in [1.29, 1.82) is 0 Å². The van der Waals surface area contributed by atoms with Crippen molar-refractivity contribution >= 4 is 5.82 Å². The lowest BCUT2D eigenvalue weighted by molar-refractivity contribution is 0.247. The third-order valence-corrected chi connectivity index (χ3v) is 3.46. The van der Waals surface area contributed by atoms with E-state index in [-0.39, 0.29) is 11.2 Å². The highest BCUT2D eigenvalue weighted by Gasteiger charge is 2.26. The number of nitrogens with zero attached hydrogens (tertiary/aromatic N) is 2. The SMILES string of the molecule is Cc1ncnc(NCC2(C)CCNCC2)c1F. The van der Waals surface area contributed by atoms with Gasteiger partial charge in [-0.1, -0.05) is 6.92 Å². The van der Waals surface area contributed by atoms with Gasteiger partial charge in [-0.15, -0.1) is 0 Å². The first-order chi connectivity index (χ1) is 8.11. The first-order valence-electron chi connectivity index (χ1n) is 6.02. The Morgan fingerprint density at radius 2 is 2.12 bits per heavy atom. The van der Waals surface area contributed by atoms with Crippen molar-refractivity contribution in [2.24, 2.45) is 5.41 Å². The van der Waals surface area contributed by atoms with Gasteiger partial charge in [-0.3, -0.25) is 0 Å². The Morgan fingerprint density at radius 3 is 2.82 bits per heavy atom. The average Bonchev–Trinajstić information content (AvgIpc) is 2.32. The molecule has 94 valence electrons. The van der Waals surface area contributed by atoms with Crippen LogP contribution in [-0.4, -0.2) is 29.6 Å². The van der Waals surface area contributed by atoms with Crippen molar-refractivity contribution in [2.45, 2.75) is 26.7 Å². The topological polar surface area (TPSA) is 49.8 Å². The summed E-state index contributed by atoms with van der Waals surface area (Å²) in [6.07, 6.45) is 3.60. The lowest BCUT2D eigenvalue weighted by Crippen LogP contribution is -2.39. The van der Waals surface area contributed by atoms with Gasteiger partial charge < -0.3 is 10.6 Å². The number of piperidine rings is 1.